The minimum absolute atomic E-state index is 0.159. The summed E-state index contributed by atoms with van der Waals surface area (Å²) in [6, 6.07) is 19.8. The lowest BCUT2D eigenvalue weighted by atomic mass is 10.2. The van der Waals surface area contributed by atoms with Crippen molar-refractivity contribution in [2.75, 3.05) is 32.6 Å². The molecule has 5 rings (SSSR count). The number of anilines is 1. The third-order valence-electron chi connectivity index (χ3n) is 6.63. The van der Waals surface area contributed by atoms with Crippen LogP contribution in [0.3, 0.4) is 0 Å². The van der Waals surface area contributed by atoms with Gasteiger partial charge in [-0.25, -0.2) is 4.98 Å². The van der Waals surface area contributed by atoms with Crippen molar-refractivity contribution in [1.29, 1.82) is 0 Å². The van der Waals surface area contributed by atoms with E-state index in [1.165, 1.54) is 11.0 Å². The molecule has 1 saturated carbocycles. The van der Waals surface area contributed by atoms with Crippen molar-refractivity contribution in [3.05, 3.63) is 88.5 Å². The first-order chi connectivity index (χ1) is 19.4. The zero-order valence-corrected chi connectivity index (χ0v) is 23.6. The van der Waals surface area contributed by atoms with Gasteiger partial charge in [-0.2, -0.15) is 0 Å². The quantitative estimate of drug-likeness (QED) is 0.237. The number of ether oxygens (including phenoxy) is 2. The molecule has 0 atom stereocenters. The normalized spacial score (nSPS) is 12.6. The van der Waals surface area contributed by atoms with Crippen molar-refractivity contribution < 1.29 is 19.1 Å². The highest BCUT2D eigenvalue weighted by atomic mass is 35.5. The molecule has 0 radical (unpaired) electrons. The maximum atomic E-state index is 13.4. The molecule has 4 aromatic rings. The lowest BCUT2D eigenvalue weighted by molar-refractivity contribution is -0.117. The van der Waals surface area contributed by atoms with E-state index in [0.717, 1.165) is 18.4 Å². The van der Waals surface area contributed by atoms with E-state index in [0.29, 0.717) is 51.9 Å². The van der Waals surface area contributed by atoms with Crippen LogP contribution in [-0.2, 0) is 4.79 Å². The fraction of sp³-hybridized carbons (Fsp3) is 0.233. The molecule has 8 nitrogen and oxygen atoms in total. The number of benzene rings is 3. The molecule has 40 heavy (non-hydrogen) atoms. The number of rotatable bonds is 10. The number of imidazole rings is 1. The first-order valence-corrected chi connectivity index (χ1v) is 13.5. The van der Waals surface area contributed by atoms with Gasteiger partial charge in [0.2, 0.25) is 11.9 Å². The molecule has 1 aliphatic rings. The highest BCUT2D eigenvalue weighted by Gasteiger charge is 2.30. The van der Waals surface area contributed by atoms with Crippen molar-refractivity contribution in [2.24, 2.45) is 5.92 Å². The fourth-order valence-corrected chi connectivity index (χ4v) is 4.88. The Kier molecular flexibility index (Phi) is 8.28. The van der Waals surface area contributed by atoms with Crippen LogP contribution in [0.4, 0.5) is 5.95 Å². The molecule has 1 aromatic heterocycles. The molecule has 1 aliphatic carbocycles. The number of hydrogen-bond donors (Lipinski definition) is 1. The molecule has 2 amide bonds. The molecule has 3 aromatic carbocycles. The molecule has 1 N–H and O–H groups in total. The summed E-state index contributed by atoms with van der Waals surface area (Å²) in [5, 5.41) is 3.59. The number of carbonyl (C=O) groups excluding carboxylic acids is 2. The van der Waals surface area contributed by atoms with E-state index in [1.54, 1.807) is 43.1 Å². The summed E-state index contributed by atoms with van der Waals surface area (Å²) in [7, 11) is 3.13. The fourth-order valence-electron chi connectivity index (χ4n) is 4.39. The second kappa shape index (κ2) is 12.0. The van der Waals surface area contributed by atoms with Crippen molar-refractivity contribution >= 4 is 41.0 Å². The van der Waals surface area contributed by atoms with E-state index in [9.17, 15) is 9.59 Å². The van der Waals surface area contributed by atoms with E-state index in [4.69, 9.17) is 37.7 Å². The van der Waals surface area contributed by atoms with Crippen LogP contribution in [0.15, 0.2) is 72.9 Å². The average molecular weight is 579 g/mol. The lowest BCUT2D eigenvalue weighted by Gasteiger charge is -2.23. The number of aromatic nitrogens is 2. The smallest absolute Gasteiger partial charge is 0.255 e. The topological polar surface area (TPSA) is 85.7 Å². The van der Waals surface area contributed by atoms with E-state index in [1.807, 2.05) is 42.6 Å². The van der Waals surface area contributed by atoms with Gasteiger partial charge in [0, 0.05) is 29.4 Å². The molecule has 206 valence electrons. The Morgan fingerprint density at radius 3 is 2.42 bits per heavy atom. The van der Waals surface area contributed by atoms with Crippen molar-refractivity contribution in [1.82, 2.24) is 14.5 Å². The highest BCUT2D eigenvalue weighted by Crippen LogP contribution is 2.33. The van der Waals surface area contributed by atoms with Gasteiger partial charge >= 0.3 is 0 Å². The number of hydrogen-bond acceptors (Lipinski definition) is 5. The van der Waals surface area contributed by atoms with Gasteiger partial charge in [0.25, 0.3) is 5.91 Å². The van der Waals surface area contributed by atoms with Crippen LogP contribution in [-0.4, -0.2) is 53.6 Å². The van der Waals surface area contributed by atoms with Crippen LogP contribution in [0.5, 0.6) is 11.5 Å². The summed E-state index contributed by atoms with van der Waals surface area (Å²) in [5.41, 5.74) is 2.57. The number of methoxy groups -OCH3 is 2. The zero-order chi connectivity index (χ0) is 28.2. The maximum absolute atomic E-state index is 13.4. The molecule has 0 aliphatic heterocycles. The number of nitrogens with zero attached hydrogens (tertiary/aromatic N) is 3. The van der Waals surface area contributed by atoms with Crippen LogP contribution in [0.1, 0.15) is 23.2 Å². The first-order valence-electron chi connectivity index (χ1n) is 12.8. The van der Waals surface area contributed by atoms with Crippen LogP contribution in [0, 0.1) is 5.92 Å². The lowest BCUT2D eigenvalue weighted by Crippen LogP contribution is -2.39. The Balaban J connectivity index is 1.44. The molecule has 0 unspecified atom stereocenters. The monoisotopic (exact) mass is 578 g/mol. The van der Waals surface area contributed by atoms with Crippen LogP contribution < -0.4 is 14.8 Å². The third kappa shape index (κ3) is 6.24. The summed E-state index contributed by atoms with van der Waals surface area (Å²) in [5.74, 6) is 1.08. The van der Waals surface area contributed by atoms with Gasteiger partial charge in [0.05, 0.1) is 36.2 Å². The van der Waals surface area contributed by atoms with E-state index >= 15 is 0 Å². The number of nitrogens with one attached hydrogen (secondary N) is 1. The Morgan fingerprint density at radius 1 is 1.00 bits per heavy atom. The molecule has 10 heteroatoms. The number of amides is 2. The number of carbonyl (C=O) groups is 2. The molecule has 0 spiro atoms. The van der Waals surface area contributed by atoms with Gasteiger partial charge in [0.15, 0.2) is 11.5 Å². The van der Waals surface area contributed by atoms with Crippen molar-refractivity contribution in [3.8, 4) is 28.4 Å². The third-order valence-corrected chi connectivity index (χ3v) is 7.18. The predicted octanol–water partition coefficient (Wildman–Crippen LogP) is 6.35. The van der Waals surface area contributed by atoms with Gasteiger partial charge in [-0.1, -0.05) is 53.5 Å². The molecular weight excluding hydrogens is 551 g/mol. The summed E-state index contributed by atoms with van der Waals surface area (Å²) < 4.78 is 12.6. The van der Waals surface area contributed by atoms with Gasteiger partial charge in [0.1, 0.15) is 6.54 Å². The Bertz CT molecular complexity index is 1540. The minimum atomic E-state index is -0.383. The second-order valence-corrected chi connectivity index (χ2v) is 10.4. The average Bonchev–Trinajstić information content (AvgIpc) is 3.69. The van der Waals surface area contributed by atoms with Gasteiger partial charge in [-0.3, -0.25) is 19.5 Å². The highest BCUT2D eigenvalue weighted by molar-refractivity contribution is 6.36. The van der Waals surface area contributed by atoms with Gasteiger partial charge < -0.3 is 14.4 Å². The van der Waals surface area contributed by atoms with Crippen molar-refractivity contribution in [3.63, 3.8) is 0 Å². The van der Waals surface area contributed by atoms with Crippen LogP contribution in [0.25, 0.3) is 16.9 Å². The van der Waals surface area contributed by atoms with E-state index in [-0.39, 0.29) is 23.4 Å². The molecule has 0 bridgehead atoms. The van der Waals surface area contributed by atoms with E-state index < -0.39 is 0 Å². The Morgan fingerprint density at radius 2 is 1.75 bits per heavy atom. The second-order valence-electron chi connectivity index (χ2n) is 9.53. The summed E-state index contributed by atoms with van der Waals surface area (Å²) in [6.07, 6.45) is 3.88. The van der Waals surface area contributed by atoms with Crippen molar-refractivity contribution in [2.45, 2.75) is 12.8 Å². The SMILES string of the molecule is COc1ccc(-n2cc(-c3ccccc3)nc2NC(=O)CN(CC2CC2)C(=O)c2ccc(Cl)cc2Cl)cc1OC. The van der Waals surface area contributed by atoms with E-state index in [2.05, 4.69) is 5.32 Å². The Labute approximate surface area is 242 Å². The largest absolute Gasteiger partial charge is 0.493 e. The van der Waals surface area contributed by atoms with Crippen LogP contribution in [0.2, 0.25) is 10.0 Å². The van der Waals surface area contributed by atoms with Crippen LogP contribution >= 0.6 is 23.2 Å². The minimum Gasteiger partial charge on any atom is -0.493 e. The number of halogens is 2. The first kappa shape index (κ1) is 27.6. The Hall–Kier alpha value is -4.01. The maximum Gasteiger partial charge on any atom is 0.255 e. The van der Waals surface area contributed by atoms with Gasteiger partial charge in [-0.05, 0) is 49.1 Å². The predicted molar refractivity (Wildman–Crippen MR) is 156 cm³/mol. The molecular formula is C30H28Cl2N4O4. The summed E-state index contributed by atoms with van der Waals surface area (Å²) >= 11 is 12.3. The molecule has 0 saturated heterocycles. The van der Waals surface area contributed by atoms with Gasteiger partial charge in [-0.15, -0.1) is 0 Å². The molecule has 1 fully saturated rings. The summed E-state index contributed by atoms with van der Waals surface area (Å²) in [6.45, 7) is 0.304. The molecule has 1 heterocycles. The zero-order valence-electron chi connectivity index (χ0n) is 22.1. The standard InChI is InChI=1S/C30H28Cl2N4O4/c1-39-26-13-11-22(15-27(26)40-2)36-17-25(20-6-4-3-5-7-20)33-30(36)34-28(37)18-35(16-19-8-9-19)29(38)23-12-10-21(31)14-24(23)32/h3-7,10-15,17,19H,8-9,16,18H2,1-2H3,(H,33,34,37). The summed E-state index contributed by atoms with van der Waals surface area (Å²) in [4.78, 5) is 33.1.